The van der Waals surface area contributed by atoms with E-state index in [0.717, 1.165) is 11.5 Å². The first kappa shape index (κ1) is 13.1. The molecule has 0 amide bonds. The molecule has 6 heteroatoms. The number of aromatic carboxylic acids is 1. The number of hydrogen-bond acceptors (Lipinski definition) is 5. The van der Waals surface area contributed by atoms with E-state index in [9.17, 15) is 4.79 Å². The predicted octanol–water partition coefficient (Wildman–Crippen LogP) is 2.04. The summed E-state index contributed by atoms with van der Waals surface area (Å²) in [6, 6.07) is 3.80. The van der Waals surface area contributed by atoms with Crippen molar-refractivity contribution in [2.24, 2.45) is 0 Å². The van der Waals surface area contributed by atoms with Crippen LogP contribution in [0.3, 0.4) is 0 Å². The molecule has 6 nitrogen and oxygen atoms in total. The van der Waals surface area contributed by atoms with Crippen molar-refractivity contribution in [1.82, 2.24) is 9.97 Å². The van der Waals surface area contributed by atoms with Crippen LogP contribution in [0.15, 0.2) is 22.7 Å². The van der Waals surface area contributed by atoms with Gasteiger partial charge in [-0.1, -0.05) is 0 Å². The zero-order chi connectivity index (χ0) is 13.8. The molecule has 0 atom stereocenters. The van der Waals surface area contributed by atoms with Crippen LogP contribution in [0.5, 0.6) is 0 Å². The van der Waals surface area contributed by atoms with Crippen LogP contribution in [-0.4, -0.2) is 27.6 Å². The molecule has 19 heavy (non-hydrogen) atoms. The van der Waals surface area contributed by atoms with Crippen LogP contribution in [0.25, 0.3) is 0 Å². The fourth-order valence-corrected chi connectivity index (χ4v) is 1.68. The van der Waals surface area contributed by atoms with Crippen molar-refractivity contribution in [2.75, 3.05) is 11.9 Å². The van der Waals surface area contributed by atoms with E-state index in [0.29, 0.717) is 24.6 Å². The van der Waals surface area contributed by atoms with Crippen molar-refractivity contribution >= 4 is 11.8 Å². The van der Waals surface area contributed by atoms with E-state index in [4.69, 9.17) is 9.52 Å². The van der Waals surface area contributed by atoms with E-state index < -0.39 is 5.97 Å². The molecule has 0 radical (unpaired) electrons. The Morgan fingerprint density at radius 3 is 2.84 bits per heavy atom. The van der Waals surface area contributed by atoms with Gasteiger partial charge in [-0.3, -0.25) is 0 Å². The molecule has 0 aromatic carbocycles. The van der Waals surface area contributed by atoms with Crippen LogP contribution in [0, 0.1) is 13.8 Å². The first-order valence-corrected chi connectivity index (χ1v) is 5.92. The highest BCUT2D eigenvalue weighted by Crippen LogP contribution is 2.12. The second-order valence-corrected chi connectivity index (χ2v) is 4.17. The molecule has 0 unspecified atom stereocenters. The molecule has 0 saturated carbocycles. The number of carbonyl (C=O) groups is 1. The van der Waals surface area contributed by atoms with Gasteiger partial charge in [-0.15, -0.1) is 0 Å². The molecule has 0 saturated heterocycles. The molecule has 0 aliphatic heterocycles. The third-order valence-electron chi connectivity index (χ3n) is 2.60. The van der Waals surface area contributed by atoms with Gasteiger partial charge in [0.05, 0.1) is 0 Å². The average Bonchev–Trinajstić information content (AvgIpc) is 2.75. The Balaban J connectivity index is 2.02. The number of rotatable bonds is 5. The lowest BCUT2D eigenvalue weighted by molar-refractivity contribution is 0.0697. The molecule has 100 valence electrons. The van der Waals surface area contributed by atoms with Gasteiger partial charge in [0.25, 0.3) is 0 Å². The van der Waals surface area contributed by atoms with E-state index in [-0.39, 0.29) is 5.56 Å². The van der Waals surface area contributed by atoms with Gasteiger partial charge in [-0.05, 0) is 26.0 Å². The van der Waals surface area contributed by atoms with Crippen molar-refractivity contribution in [3.8, 4) is 0 Å². The lowest BCUT2D eigenvalue weighted by Crippen LogP contribution is -2.12. The summed E-state index contributed by atoms with van der Waals surface area (Å²) in [6.45, 7) is 4.14. The monoisotopic (exact) mass is 261 g/mol. The van der Waals surface area contributed by atoms with Crippen LogP contribution in [0.2, 0.25) is 0 Å². The maximum atomic E-state index is 11.0. The summed E-state index contributed by atoms with van der Waals surface area (Å²) in [6.07, 6.45) is 1.97. The summed E-state index contributed by atoms with van der Waals surface area (Å²) >= 11 is 0. The Bertz CT molecular complexity index is 593. The minimum Gasteiger partial charge on any atom is -0.477 e. The molecule has 0 spiro atoms. The second kappa shape index (κ2) is 5.51. The Kier molecular flexibility index (Phi) is 3.79. The summed E-state index contributed by atoms with van der Waals surface area (Å²) in [5.41, 5.74) is 0.0706. The molecule has 2 aromatic heterocycles. The van der Waals surface area contributed by atoms with Crippen molar-refractivity contribution in [1.29, 1.82) is 0 Å². The second-order valence-electron chi connectivity index (χ2n) is 4.17. The minimum atomic E-state index is -1.05. The molecule has 0 bridgehead atoms. The Morgan fingerprint density at radius 2 is 2.21 bits per heavy atom. The maximum absolute atomic E-state index is 11.0. The minimum absolute atomic E-state index is 0.0706. The van der Waals surface area contributed by atoms with Crippen molar-refractivity contribution in [3.05, 3.63) is 41.2 Å². The first-order valence-electron chi connectivity index (χ1n) is 5.92. The number of carboxylic acid groups (broad SMARTS) is 1. The highest BCUT2D eigenvalue weighted by atomic mass is 16.4. The molecular weight excluding hydrogens is 246 g/mol. The summed E-state index contributed by atoms with van der Waals surface area (Å²) in [4.78, 5) is 19.0. The van der Waals surface area contributed by atoms with Gasteiger partial charge in [0, 0.05) is 19.2 Å². The number of anilines is 1. The first-order chi connectivity index (χ1) is 9.06. The summed E-state index contributed by atoms with van der Waals surface area (Å²) in [7, 11) is 0. The van der Waals surface area contributed by atoms with Crippen LogP contribution >= 0.6 is 0 Å². The highest BCUT2D eigenvalue weighted by molar-refractivity contribution is 5.92. The summed E-state index contributed by atoms with van der Waals surface area (Å²) < 4.78 is 5.43. The molecule has 2 rings (SSSR count). The number of nitrogens with one attached hydrogen (secondary N) is 1. The zero-order valence-corrected chi connectivity index (χ0v) is 10.8. The van der Waals surface area contributed by atoms with E-state index in [1.165, 1.54) is 6.20 Å². The summed E-state index contributed by atoms with van der Waals surface area (Å²) in [5.74, 6) is 1.53. The van der Waals surface area contributed by atoms with Crippen LogP contribution in [-0.2, 0) is 6.42 Å². The van der Waals surface area contributed by atoms with Gasteiger partial charge in [0.15, 0.2) is 0 Å². The van der Waals surface area contributed by atoms with Crippen LogP contribution in [0.4, 0.5) is 5.82 Å². The molecule has 0 fully saturated rings. The van der Waals surface area contributed by atoms with E-state index >= 15 is 0 Å². The van der Waals surface area contributed by atoms with Crippen LogP contribution < -0.4 is 5.32 Å². The molecule has 2 heterocycles. The summed E-state index contributed by atoms with van der Waals surface area (Å²) in [5, 5.41) is 12.0. The van der Waals surface area contributed by atoms with Gasteiger partial charge in [0.1, 0.15) is 28.7 Å². The Morgan fingerprint density at radius 1 is 1.42 bits per heavy atom. The van der Waals surface area contributed by atoms with Crippen molar-refractivity contribution in [3.63, 3.8) is 0 Å². The number of aryl methyl sites for hydroxylation is 2. The quantitative estimate of drug-likeness (QED) is 0.856. The van der Waals surface area contributed by atoms with Gasteiger partial charge in [-0.2, -0.15) is 0 Å². The molecule has 0 aliphatic rings. The Labute approximate surface area is 110 Å². The van der Waals surface area contributed by atoms with E-state index in [1.807, 2.05) is 19.1 Å². The van der Waals surface area contributed by atoms with E-state index in [2.05, 4.69) is 15.3 Å². The van der Waals surface area contributed by atoms with Gasteiger partial charge < -0.3 is 14.8 Å². The van der Waals surface area contributed by atoms with E-state index in [1.54, 1.807) is 6.92 Å². The largest absolute Gasteiger partial charge is 0.477 e. The molecule has 0 aliphatic carbocycles. The standard InChI is InChI=1S/C13H15N3O3/c1-8-3-4-10(19-8)5-6-14-12-11(13(17)18)7-15-9(2)16-12/h3-4,7H,5-6H2,1-2H3,(H,17,18)(H,14,15,16). The normalized spacial score (nSPS) is 10.4. The smallest absolute Gasteiger partial charge is 0.341 e. The predicted molar refractivity (Wildman–Crippen MR) is 69.4 cm³/mol. The fourth-order valence-electron chi connectivity index (χ4n) is 1.68. The highest BCUT2D eigenvalue weighted by Gasteiger charge is 2.12. The number of furan rings is 1. The SMILES string of the molecule is Cc1ncc(C(=O)O)c(NCCc2ccc(C)o2)n1. The Hall–Kier alpha value is -2.37. The fraction of sp³-hybridized carbons (Fsp3) is 0.308. The van der Waals surface area contributed by atoms with Gasteiger partial charge in [0.2, 0.25) is 0 Å². The van der Waals surface area contributed by atoms with Gasteiger partial charge >= 0.3 is 5.97 Å². The molecule has 2 aromatic rings. The number of carboxylic acids is 1. The number of nitrogens with zero attached hydrogens (tertiary/aromatic N) is 2. The third-order valence-corrected chi connectivity index (χ3v) is 2.60. The average molecular weight is 261 g/mol. The molecule has 2 N–H and O–H groups in total. The maximum Gasteiger partial charge on any atom is 0.341 e. The number of aromatic nitrogens is 2. The zero-order valence-electron chi connectivity index (χ0n) is 10.8. The van der Waals surface area contributed by atoms with Crippen molar-refractivity contribution in [2.45, 2.75) is 20.3 Å². The third kappa shape index (κ3) is 3.31. The lowest BCUT2D eigenvalue weighted by Gasteiger charge is -2.08. The topological polar surface area (TPSA) is 88.2 Å². The van der Waals surface area contributed by atoms with Crippen LogP contribution in [0.1, 0.15) is 27.7 Å². The van der Waals surface area contributed by atoms with Gasteiger partial charge in [-0.25, -0.2) is 14.8 Å². The number of hydrogen-bond donors (Lipinski definition) is 2. The lowest BCUT2D eigenvalue weighted by atomic mass is 10.3. The van der Waals surface area contributed by atoms with Crippen molar-refractivity contribution < 1.29 is 14.3 Å². The molecular formula is C13H15N3O3.